The zero-order valence-electron chi connectivity index (χ0n) is 20.3. The Kier molecular flexibility index (Phi) is 8.76. The van der Waals surface area contributed by atoms with Gasteiger partial charge in [0.1, 0.15) is 12.4 Å². The van der Waals surface area contributed by atoms with Crippen LogP contribution in [-0.4, -0.2) is 34.2 Å². The van der Waals surface area contributed by atoms with Crippen LogP contribution in [0.25, 0.3) is 0 Å². The summed E-state index contributed by atoms with van der Waals surface area (Å²) in [6, 6.07) is 8.60. The Labute approximate surface area is 207 Å². The first-order valence-electron chi connectivity index (χ1n) is 12.9. The van der Waals surface area contributed by atoms with Crippen LogP contribution < -0.4 is 0 Å². The molecule has 0 unspecified atom stereocenters. The quantitative estimate of drug-likeness (QED) is 0.431. The fourth-order valence-corrected chi connectivity index (χ4v) is 6.31. The van der Waals surface area contributed by atoms with E-state index >= 15 is 0 Å². The lowest BCUT2D eigenvalue weighted by atomic mass is 9.86. The van der Waals surface area contributed by atoms with E-state index < -0.39 is 0 Å². The third kappa shape index (κ3) is 6.47. The van der Waals surface area contributed by atoms with Crippen LogP contribution in [-0.2, 0) is 22.7 Å². The number of amides is 2. The maximum atomic E-state index is 13.8. The molecule has 0 N–H and O–H groups in total. The monoisotopic (exact) mass is 484 g/mol. The van der Waals surface area contributed by atoms with Crippen LogP contribution in [0.5, 0.6) is 0 Å². The van der Waals surface area contributed by atoms with Gasteiger partial charge >= 0.3 is 0 Å². The van der Waals surface area contributed by atoms with Gasteiger partial charge < -0.3 is 9.80 Å². The van der Waals surface area contributed by atoms with Crippen molar-refractivity contribution in [2.75, 3.05) is 6.54 Å². The molecule has 1 aromatic heterocycles. The lowest BCUT2D eigenvalue weighted by molar-refractivity contribution is -0.147. The molecule has 2 fully saturated rings. The van der Waals surface area contributed by atoms with Crippen LogP contribution in [0.15, 0.2) is 35.7 Å². The number of halogens is 1. The summed E-state index contributed by atoms with van der Waals surface area (Å²) in [6.07, 6.45) is 10.8. The second-order valence-electron chi connectivity index (χ2n) is 10.00. The largest absolute Gasteiger partial charge is 0.332 e. The predicted octanol–water partition coefficient (Wildman–Crippen LogP) is 6.47. The highest BCUT2D eigenvalue weighted by molar-refractivity contribution is 7.10. The highest BCUT2D eigenvalue weighted by atomic mass is 32.1. The first kappa shape index (κ1) is 24.9. The molecule has 2 aliphatic rings. The van der Waals surface area contributed by atoms with Crippen molar-refractivity contribution in [3.05, 3.63) is 57.5 Å². The zero-order chi connectivity index (χ0) is 23.9. The van der Waals surface area contributed by atoms with E-state index in [9.17, 15) is 14.0 Å². The molecule has 2 amide bonds. The van der Waals surface area contributed by atoms with Gasteiger partial charge in [0.05, 0.1) is 6.54 Å². The molecule has 1 aromatic carbocycles. The summed E-state index contributed by atoms with van der Waals surface area (Å²) in [5, 5.41) is 2.05. The summed E-state index contributed by atoms with van der Waals surface area (Å²) in [7, 11) is 0. The average molecular weight is 485 g/mol. The molecule has 2 aliphatic carbocycles. The number of hydrogen-bond acceptors (Lipinski definition) is 3. The van der Waals surface area contributed by atoms with Crippen molar-refractivity contribution in [2.45, 2.75) is 90.3 Å². The molecular weight excluding hydrogens is 447 g/mol. The van der Waals surface area contributed by atoms with Gasteiger partial charge in [-0.3, -0.25) is 9.59 Å². The Hall–Kier alpha value is -2.21. The molecule has 6 heteroatoms. The first-order chi connectivity index (χ1) is 16.5. The van der Waals surface area contributed by atoms with E-state index in [1.54, 1.807) is 23.5 Å². The summed E-state index contributed by atoms with van der Waals surface area (Å²) < 4.78 is 13.5. The smallest absolute Gasteiger partial charge is 0.242 e. The third-order valence-corrected chi connectivity index (χ3v) is 8.51. The second-order valence-corrected chi connectivity index (χ2v) is 11.0. The fourth-order valence-electron chi connectivity index (χ4n) is 5.39. The topological polar surface area (TPSA) is 40.6 Å². The van der Waals surface area contributed by atoms with Crippen LogP contribution in [0.4, 0.5) is 4.39 Å². The Balaban J connectivity index is 1.54. The zero-order valence-corrected chi connectivity index (χ0v) is 21.1. The number of carbonyl (C=O) groups excluding carboxylic acids is 2. The molecule has 4 nitrogen and oxygen atoms in total. The van der Waals surface area contributed by atoms with Crippen molar-refractivity contribution in [2.24, 2.45) is 5.92 Å². The molecule has 4 rings (SSSR count). The summed E-state index contributed by atoms with van der Waals surface area (Å²) >= 11 is 1.65. The minimum atomic E-state index is -0.280. The maximum Gasteiger partial charge on any atom is 0.242 e. The van der Waals surface area contributed by atoms with E-state index in [-0.39, 0.29) is 36.1 Å². The maximum absolute atomic E-state index is 13.8. The standard InChI is InChI=1S/C28H37FN2O2S/c1-21-16-17-34-26(21)19-30(18-22-12-14-24(29)15-13-22)27(32)20-31(25-10-6-3-7-11-25)28(33)23-8-4-2-5-9-23/h12-17,23,25H,2-11,18-20H2,1H3. The van der Waals surface area contributed by atoms with Gasteiger partial charge in [0.15, 0.2) is 0 Å². The van der Waals surface area contributed by atoms with Gasteiger partial charge in [-0.25, -0.2) is 4.39 Å². The molecular formula is C28H37FN2O2S. The van der Waals surface area contributed by atoms with Crippen molar-refractivity contribution in [1.29, 1.82) is 0 Å². The van der Waals surface area contributed by atoms with Crippen molar-refractivity contribution in [3.8, 4) is 0 Å². The number of aryl methyl sites for hydroxylation is 1. The molecule has 0 atom stereocenters. The van der Waals surface area contributed by atoms with Gasteiger partial charge in [0.25, 0.3) is 0 Å². The Morgan fingerprint density at radius 1 is 0.912 bits per heavy atom. The molecule has 0 spiro atoms. The van der Waals surface area contributed by atoms with Crippen molar-refractivity contribution in [1.82, 2.24) is 9.80 Å². The molecule has 184 valence electrons. The summed E-state index contributed by atoms with van der Waals surface area (Å²) in [5.74, 6) is -0.0494. The molecule has 0 saturated heterocycles. The lowest BCUT2D eigenvalue weighted by Crippen LogP contribution is -2.50. The summed E-state index contributed by atoms with van der Waals surface area (Å²) in [5.41, 5.74) is 2.07. The van der Waals surface area contributed by atoms with Crippen LogP contribution >= 0.6 is 11.3 Å². The second kappa shape index (κ2) is 12.0. The predicted molar refractivity (Wildman–Crippen MR) is 135 cm³/mol. The van der Waals surface area contributed by atoms with Gasteiger partial charge in [-0.05, 0) is 67.3 Å². The van der Waals surface area contributed by atoms with Crippen molar-refractivity contribution < 1.29 is 14.0 Å². The molecule has 0 aliphatic heterocycles. The number of thiophene rings is 1. The molecule has 2 saturated carbocycles. The molecule has 34 heavy (non-hydrogen) atoms. The number of rotatable bonds is 8. The molecule has 2 aromatic rings. The highest BCUT2D eigenvalue weighted by Crippen LogP contribution is 2.30. The van der Waals surface area contributed by atoms with Crippen LogP contribution in [0.3, 0.4) is 0 Å². The number of carbonyl (C=O) groups is 2. The average Bonchev–Trinajstić information content (AvgIpc) is 3.28. The van der Waals surface area contributed by atoms with Gasteiger partial charge in [-0.15, -0.1) is 11.3 Å². The van der Waals surface area contributed by atoms with Gasteiger partial charge in [-0.1, -0.05) is 50.7 Å². The summed E-state index contributed by atoms with van der Waals surface area (Å²) in [4.78, 5) is 32.3. The minimum Gasteiger partial charge on any atom is -0.332 e. The third-order valence-electron chi connectivity index (χ3n) is 7.50. The van der Waals surface area contributed by atoms with Gasteiger partial charge in [0, 0.05) is 23.4 Å². The molecule has 0 bridgehead atoms. The van der Waals surface area contributed by atoms with Gasteiger partial charge in [-0.2, -0.15) is 0 Å². The van der Waals surface area contributed by atoms with Crippen LogP contribution in [0, 0.1) is 18.7 Å². The number of hydrogen-bond donors (Lipinski definition) is 0. The Bertz CT molecular complexity index is 946. The van der Waals surface area contributed by atoms with E-state index in [1.807, 2.05) is 15.2 Å². The van der Waals surface area contributed by atoms with E-state index in [4.69, 9.17) is 0 Å². The van der Waals surface area contributed by atoms with Gasteiger partial charge in [0.2, 0.25) is 11.8 Å². The molecule has 1 heterocycles. The SMILES string of the molecule is Cc1ccsc1CN(Cc1ccc(F)cc1)C(=O)CN(C(=O)C1CCCCC1)C1CCCCC1. The Morgan fingerprint density at radius 3 is 2.18 bits per heavy atom. The van der Waals surface area contributed by atoms with E-state index in [0.29, 0.717) is 13.1 Å². The minimum absolute atomic E-state index is 0.0214. The Morgan fingerprint density at radius 2 is 1.56 bits per heavy atom. The van der Waals surface area contributed by atoms with E-state index in [2.05, 4.69) is 13.0 Å². The van der Waals surface area contributed by atoms with Crippen LogP contribution in [0.1, 0.15) is 80.2 Å². The summed E-state index contributed by atoms with van der Waals surface area (Å²) in [6.45, 7) is 3.13. The van der Waals surface area contributed by atoms with Crippen molar-refractivity contribution >= 4 is 23.2 Å². The number of nitrogens with zero attached hydrogens (tertiary/aromatic N) is 2. The van der Waals surface area contributed by atoms with Crippen molar-refractivity contribution in [3.63, 3.8) is 0 Å². The lowest BCUT2D eigenvalue weighted by Gasteiger charge is -2.38. The normalized spacial score (nSPS) is 17.5. The molecule has 0 radical (unpaired) electrons. The first-order valence-corrected chi connectivity index (χ1v) is 13.7. The van der Waals surface area contributed by atoms with Crippen LogP contribution in [0.2, 0.25) is 0 Å². The fraction of sp³-hybridized carbons (Fsp3) is 0.571. The highest BCUT2D eigenvalue weighted by Gasteiger charge is 2.33. The number of benzene rings is 1. The van der Waals surface area contributed by atoms with E-state index in [1.165, 1.54) is 30.5 Å². The van der Waals surface area contributed by atoms with E-state index in [0.717, 1.165) is 61.8 Å².